The zero-order chi connectivity index (χ0) is 13.1. The van der Waals surface area contributed by atoms with Crippen molar-refractivity contribution < 1.29 is 4.74 Å². The lowest BCUT2D eigenvalue weighted by Crippen LogP contribution is -2.44. The molecule has 1 N–H and O–H groups in total. The van der Waals surface area contributed by atoms with Crippen molar-refractivity contribution >= 4 is 0 Å². The lowest BCUT2D eigenvalue weighted by Gasteiger charge is -2.37. The zero-order valence-electron chi connectivity index (χ0n) is 11.5. The van der Waals surface area contributed by atoms with Crippen molar-refractivity contribution in [1.82, 2.24) is 20.1 Å². The molecule has 1 aromatic rings. The third kappa shape index (κ3) is 2.87. The van der Waals surface area contributed by atoms with Crippen molar-refractivity contribution in [2.24, 2.45) is 0 Å². The Bertz CT molecular complexity index is 442. The van der Waals surface area contributed by atoms with Crippen LogP contribution in [0.4, 0.5) is 0 Å². The molecule has 0 radical (unpaired) electrons. The summed E-state index contributed by atoms with van der Waals surface area (Å²) in [5, 5.41) is 7.26. The lowest BCUT2D eigenvalue weighted by molar-refractivity contribution is -0.0442. The van der Waals surface area contributed by atoms with Gasteiger partial charge in [0.25, 0.3) is 0 Å². The first-order valence-corrected chi connectivity index (χ1v) is 7.30. The molecule has 1 saturated heterocycles. The summed E-state index contributed by atoms with van der Waals surface area (Å²) in [5.41, 5.74) is 0. The van der Waals surface area contributed by atoms with Crippen LogP contribution >= 0.6 is 0 Å². The number of nitrogens with one attached hydrogen (secondary N) is 1. The molecule has 0 saturated carbocycles. The molecule has 5 heteroatoms. The molecule has 0 unspecified atom stereocenters. The van der Waals surface area contributed by atoms with E-state index >= 15 is 0 Å². The van der Waals surface area contributed by atoms with E-state index < -0.39 is 0 Å². The smallest absolute Gasteiger partial charge is 0.180 e. The number of morpholine rings is 1. The number of allylic oxidation sites excluding steroid dienone is 1. The molecule has 19 heavy (non-hydrogen) atoms. The van der Waals surface area contributed by atoms with E-state index in [0.29, 0.717) is 6.04 Å². The molecule has 1 aliphatic carbocycles. The minimum Gasteiger partial charge on any atom is -0.367 e. The maximum atomic E-state index is 5.83. The van der Waals surface area contributed by atoms with E-state index in [9.17, 15) is 0 Å². The van der Waals surface area contributed by atoms with Crippen LogP contribution in [0.5, 0.6) is 0 Å². The molecule has 1 fully saturated rings. The number of rotatable bonds is 3. The van der Waals surface area contributed by atoms with Crippen LogP contribution in [-0.4, -0.2) is 45.8 Å². The molecule has 0 spiro atoms. The normalized spacial score (nSPS) is 28.7. The van der Waals surface area contributed by atoms with Gasteiger partial charge in [-0.1, -0.05) is 19.1 Å². The highest BCUT2D eigenvalue weighted by molar-refractivity contribution is 5.02. The van der Waals surface area contributed by atoms with Gasteiger partial charge in [0.1, 0.15) is 11.9 Å². The van der Waals surface area contributed by atoms with Gasteiger partial charge in [-0.3, -0.25) is 10.00 Å². The number of hydrogen-bond donors (Lipinski definition) is 1. The third-order valence-electron chi connectivity index (χ3n) is 3.97. The Kier molecular flexibility index (Phi) is 3.94. The summed E-state index contributed by atoms with van der Waals surface area (Å²) in [4.78, 5) is 7.00. The van der Waals surface area contributed by atoms with Crippen LogP contribution < -0.4 is 0 Å². The molecule has 0 amide bonds. The van der Waals surface area contributed by atoms with Gasteiger partial charge in [0.05, 0.1) is 6.61 Å². The Morgan fingerprint density at radius 2 is 2.47 bits per heavy atom. The van der Waals surface area contributed by atoms with Gasteiger partial charge in [0, 0.05) is 25.6 Å². The van der Waals surface area contributed by atoms with Crippen LogP contribution in [0.3, 0.4) is 0 Å². The molecule has 1 aromatic heterocycles. The summed E-state index contributed by atoms with van der Waals surface area (Å²) in [5.74, 6) is 1.75. The minimum absolute atomic E-state index is 0.0145. The molecule has 1 aliphatic heterocycles. The summed E-state index contributed by atoms with van der Waals surface area (Å²) in [7, 11) is 0. The standard InChI is InChI=1S/C14H22N4O/c1-2-13-15-14(17-16-13)12-10-18(8-9-19-12)11-6-4-3-5-7-11/h4,6,11-12H,2-3,5,7-10H2,1H3,(H,15,16,17)/t11-,12-/m0/s1. The van der Waals surface area contributed by atoms with Crippen molar-refractivity contribution in [3.8, 4) is 0 Å². The van der Waals surface area contributed by atoms with E-state index in [2.05, 4.69) is 39.2 Å². The molecule has 2 aliphatic rings. The van der Waals surface area contributed by atoms with Crippen molar-refractivity contribution in [3.63, 3.8) is 0 Å². The second kappa shape index (κ2) is 5.84. The zero-order valence-corrected chi connectivity index (χ0v) is 11.5. The first-order chi connectivity index (χ1) is 9.36. The molecule has 5 nitrogen and oxygen atoms in total. The predicted octanol–water partition coefficient (Wildman–Crippen LogP) is 1.85. The van der Waals surface area contributed by atoms with Gasteiger partial charge >= 0.3 is 0 Å². The van der Waals surface area contributed by atoms with E-state index in [1.54, 1.807) is 0 Å². The first-order valence-electron chi connectivity index (χ1n) is 7.30. The van der Waals surface area contributed by atoms with E-state index in [-0.39, 0.29) is 6.10 Å². The fraction of sp³-hybridized carbons (Fsp3) is 0.714. The maximum absolute atomic E-state index is 5.83. The Morgan fingerprint density at radius 3 is 3.21 bits per heavy atom. The summed E-state index contributed by atoms with van der Waals surface area (Å²) in [6.45, 7) is 4.75. The highest BCUT2D eigenvalue weighted by Crippen LogP contribution is 2.24. The van der Waals surface area contributed by atoms with E-state index in [1.807, 2.05) is 0 Å². The fourth-order valence-corrected chi connectivity index (χ4v) is 2.84. The topological polar surface area (TPSA) is 54.0 Å². The third-order valence-corrected chi connectivity index (χ3v) is 3.97. The molecule has 2 heterocycles. The highest BCUT2D eigenvalue weighted by atomic mass is 16.5. The van der Waals surface area contributed by atoms with Crippen molar-refractivity contribution in [2.45, 2.75) is 44.8 Å². The Balaban J connectivity index is 1.67. The maximum Gasteiger partial charge on any atom is 0.180 e. The van der Waals surface area contributed by atoms with Gasteiger partial charge in [0.2, 0.25) is 0 Å². The number of aromatic amines is 1. The van der Waals surface area contributed by atoms with Gasteiger partial charge < -0.3 is 4.74 Å². The SMILES string of the molecule is CCc1nc([C@@H]2CN([C@H]3C=CCCC3)CCO2)n[nH]1. The van der Waals surface area contributed by atoms with Crippen LogP contribution in [0.15, 0.2) is 12.2 Å². The average Bonchev–Trinajstić information content (AvgIpc) is 2.97. The van der Waals surface area contributed by atoms with Crippen molar-refractivity contribution in [1.29, 1.82) is 0 Å². The quantitative estimate of drug-likeness (QED) is 0.845. The number of ether oxygens (including phenoxy) is 1. The first kappa shape index (κ1) is 12.8. The number of H-pyrrole nitrogens is 1. The molecule has 3 rings (SSSR count). The van der Waals surface area contributed by atoms with Gasteiger partial charge in [-0.05, 0) is 19.3 Å². The molecule has 2 atom stereocenters. The van der Waals surface area contributed by atoms with Crippen LogP contribution in [0.25, 0.3) is 0 Å². The summed E-state index contributed by atoms with van der Waals surface area (Å²) in [6.07, 6.45) is 9.34. The van der Waals surface area contributed by atoms with E-state index in [1.165, 1.54) is 19.3 Å². The number of nitrogens with zero attached hydrogens (tertiary/aromatic N) is 3. The van der Waals surface area contributed by atoms with E-state index in [4.69, 9.17) is 4.74 Å². The molecular weight excluding hydrogens is 240 g/mol. The highest BCUT2D eigenvalue weighted by Gasteiger charge is 2.28. The van der Waals surface area contributed by atoms with E-state index in [0.717, 1.165) is 37.8 Å². The summed E-state index contributed by atoms with van der Waals surface area (Å²) >= 11 is 0. The van der Waals surface area contributed by atoms with Gasteiger partial charge in [-0.15, -0.1) is 0 Å². The van der Waals surface area contributed by atoms with Crippen molar-refractivity contribution in [2.75, 3.05) is 19.7 Å². The van der Waals surface area contributed by atoms with Crippen molar-refractivity contribution in [3.05, 3.63) is 23.8 Å². The number of hydrogen-bond acceptors (Lipinski definition) is 4. The minimum atomic E-state index is 0.0145. The Morgan fingerprint density at radius 1 is 1.53 bits per heavy atom. The number of aryl methyl sites for hydroxylation is 1. The summed E-state index contributed by atoms with van der Waals surface area (Å²) < 4.78 is 5.83. The molecule has 104 valence electrons. The van der Waals surface area contributed by atoms with Gasteiger partial charge in [-0.25, -0.2) is 4.98 Å². The summed E-state index contributed by atoms with van der Waals surface area (Å²) in [6, 6.07) is 0.574. The van der Waals surface area contributed by atoms with Crippen LogP contribution in [0.1, 0.15) is 43.9 Å². The Hall–Kier alpha value is -1.20. The monoisotopic (exact) mass is 262 g/mol. The second-order valence-corrected chi connectivity index (χ2v) is 5.27. The average molecular weight is 262 g/mol. The second-order valence-electron chi connectivity index (χ2n) is 5.27. The van der Waals surface area contributed by atoms with Gasteiger partial charge in [-0.2, -0.15) is 5.10 Å². The molecule has 0 bridgehead atoms. The van der Waals surface area contributed by atoms with Crippen LogP contribution in [-0.2, 0) is 11.2 Å². The van der Waals surface area contributed by atoms with Crippen LogP contribution in [0, 0.1) is 0 Å². The van der Waals surface area contributed by atoms with Gasteiger partial charge in [0.15, 0.2) is 5.82 Å². The Labute approximate surface area is 114 Å². The number of aromatic nitrogens is 3. The molecule has 0 aromatic carbocycles. The molecular formula is C14H22N4O. The van der Waals surface area contributed by atoms with Crippen LogP contribution in [0.2, 0.25) is 0 Å². The predicted molar refractivity (Wildman–Crippen MR) is 72.8 cm³/mol. The fourth-order valence-electron chi connectivity index (χ4n) is 2.84. The largest absolute Gasteiger partial charge is 0.367 e. The lowest BCUT2D eigenvalue weighted by atomic mass is 10.0.